The van der Waals surface area contributed by atoms with Gasteiger partial charge >= 0.3 is 132 Å². The molecule has 0 amide bonds. The van der Waals surface area contributed by atoms with Crippen LogP contribution < -0.4 is 17.7 Å². The van der Waals surface area contributed by atoms with Crippen LogP contribution >= 0.6 is 0 Å². The summed E-state index contributed by atoms with van der Waals surface area (Å²) >= 11 is 4.03. The van der Waals surface area contributed by atoms with Crippen molar-refractivity contribution in [2.24, 2.45) is 9.98 Å². The van der Waals surface area contributed by atoms with Gasteiger partial charge in [-0.15, -0.1) is 0 Å². The molecule has 0 aliphatic carbocycles. The molecule has 0 atom stereocenters. The van der Waals surface area contributed by atoms with E-state index in [1.807, 2.05) is 66.7 Å². The molecular weight excluding hydrogens is 338 g/mol. The van der Waals surface area contributed by atoms with Crippen LogP contribution in [0, 0.1) is 0 Å². The molecule has 2 aromatic carbocycles. The Balaban J connectivity index is 0.00000176. The number of hydrogen-bond acceptors (Lipinski definition) is 2. The van der Waals surface area contributed by atoms with Crippen LogP contribution in [0.15, 0.2) is 81.2 Å². The predicted molar refractivity (Wildman–Crippen MR) is 82.9 cm³/mol. The fraction of sp³-hybridized carbons (Fsp3) is 0.0588. The van der Waals surface area contributed by atoms with E-state index in [-0.39, 0.29) is 12.4 Å². The Morgan fingerprint density at radius 2 is 1.36 bits per heavy atom. The van der Waals surface area contributed by atoms with Crippen LogP contribution in [0.25, 0.3) is 0 Å². The Morgan fingerprint density at radius 3 is 1.95 bits per heavy atom. The van der Waals surface area contributed by atoms with E-state index in [0.717, 1.165) is 33.9 Å². The molecule has 3 rings (SSSR count). The van der Waals surface area contributed by atoms with Crippen molar-refractivity contribution in [3.8, 4) is 0 Å². The number of nitrogens with one attached hydrogen (secondary N) is 1. The van der Waals surface area contributed by atoms with E-state index in [1.54, 1.807) is 0 Å². The summed E-state index contributed by atoms with van der Waals surface area (Å²) in [7, 11) is 0. The average Bonchev–Trinajstić information content (AvgIpc) is 2.53. The second kappa shape index (κ2) is 7.95. The molecule has 0 fully saturated rings. The Morgan fingerprint density at radius 1 is 0.818 bits per heavy atom. The molecule has 0 bridgehead atoms. The molecule has 1 heterocycles. The monoisotopic (exact) mass is 351 g/mol. The molecule has 1 N–H and O–H groups in total. The van der Waals surface area contributed by atoms with Crippen molar-refractivity contribution in [1.29, 1.82) is 0 Å². The molecule has 0 unspecified atom stereocenters. The summed E-state index contributed by atoms with van der Waals surface area (Å²) in [6.45, 7) is 0. The topological polar surface area (TPSA) is 36.8 Å². The number of nitrogens with zero attached hydrogens (tertiary/aromatic N) is 2. The van der Waals surface area contributed by atoms with Gasteiger partial charge in [-0.05, 0) is 0 Å². The molecule has 1 aliphatic heterocycles. The van der Waals surface area contributed by atoms with Crippen LogP contribution in [-0.4, -0.2) is 11.7 Å². The summed E-state index contributed by atoms with van der Waals surface area (Å²) in [5, 5.41) is 3.27. The number of halogens is 1. The van der Waals surface area contributed by atoms with Crippen molar-refractivity contribution in [3.05, 3.63) is 71.2 Å². The molecule has 22 heavy (non-hydrogen) atoms. The summed E-state index contributed by atoms with van der Waals surface area (Å²) in [6, 6.07) is 19.7. The number of amidine groups is 2. The van der Waals surface area contributed by atoms with Gasteiger partial charge in [-0.1, -0.05) is 0 Å². The van der Waals surface area contributed by atoms with Crippen molar-refractivity contribution in [1.82, 2.24) is 5.32 Å². The molecule has 3 nitrogen and oxygen atoms in total. The first-order valence-electron chi connectivity index (χ1n) is 6.69. The van der Waals surface area contributed by atoms with E-state index in [1.165, 1.54) is 0 Å². The van der Waals surface area contributed by atoms with E-state index < -0.39 is 0 Å². The first-order chi connectivity index (χ1) is 10.3. The van der Waals surface area contributed by atoms with Gasteiger partial charge in [-0.2, -0.15) is 0 Å². The zero-order valence-corrected chi connectivity index (χ0v) is 13.5. The molecule has 0 saturated carbocycles. The molecule has 0 radical (unpaired) electrons. The molecular formula is C17H14ClFeN3. The minimum absolute atomic E-state index is 0. The standard InChI is InChI=1S/C17H14N3.ClH.Fe/c1-3-8-14(9-4-1)18-16-12-7-13-17(20-16)19-15-10-5-2-6-11-15;;/h1-11H,12H2,(H,18,19,20);1H;/q;;+1/p-1. The van der Waals surface area contributed by atoms with E-state index >= 15 is 0 Å². The van der Waals surface area contributed by atoms with Crippen molar-refractivity contribution < 1.29 is 28.4 Å². The van der Waals surface area contributed by atoms with E-state index in [2.05, 4.69) is 31.3 Å². The summed E-state index contributed by atoms with van der Waals surface area (Å²) < 4.78 is 0.894. The summed E-state index contributed by atoms with van der Waals surface area (Å²) in [5.74, 6) is 1.63. The SMILES string of the molecule is [Cl-].[Fe+][C]1=CCC(=Nc2ccccc2)NC1=Nc1ccccc1. The first kappa shape index (κ1) is 16.5. The number of benzene rings is 2. The van der Waals surface area contributed by atoms with Crippen LogP contribution in [0.4, 0.5) is 11.4 Å². The van der Waals surface area contributed by atoms with Gasteiger partial charge < -0.3 is 12.4 Å². The van der Waals surface area contributed by atoms with E-state index in [0.29, 0.717) is 0 Å². The average molecular weight is 352 g/mol. The molecule has 1 aliphatic rings. The predicted octanol–water partition coefficient (Wildman–Crippen LogP) is 0.875. The summed E-state index contributed by atoms with van der Waals surface area (Å²) in [6.07, 6.45) is 2.78. The molecule has 0 aromatic heterocycles. The quantitative estimate of drug-likeness (QED) is 0.801. The molecule has 5 heteroatoms. The van der Waals surface area contributed by atoms with E-state index in [4.69, 9.17) is 0 Å². The Labute approximate surface area is 144 Å². The third kappa shape index (κ3) is 4.31. The third-order valence-electron chi connectivity index (χ3n) is 2.97. The van der Waals surface area contributed by atoms with Gasteiger partial charge in [0.25, 0.3) is 0 Å². The zero-order valence-electron chi connectivity index (χ0n) is 11.7. The molecule has 0 spiro atoms. The molecule has 2 aromatic rings. The van der Waals surface area contributed by atoms with Gasteiger partial charge in [-0.3, -0.25) is 0 Å². The van der Waals surface area contributed by atoms with Crippen molar-refractivity contribution in [2.45, 2.75) is 6.42 Å². The maximum absolute atomic E-state index is 4.60. The Hall–Kier alpha value is -1.87. The zero-order chi connectivity index (χ0) is 14.5. The fourth-order valence-electron chi connectivity index (χ4n) is 1.97. The van der Waals surface area contributed by atoms with Crippen LogP contribution in [0.2, 0.25) is 0 Å². The van der Waals surface area contributed by atoms with Crippen LogP contribution in [0.1, 0.15) is 6.42 Å². The molecule has 112 valence electrons. The van der Waals surface area contributed by atoms with Gasteiger partial charge in [0.2, 0.25) is 0 Å². The third-order valence-corrected chi connectivity index (χ3v) is 3.46. The first-order valence-corrected chi connectivity index (χ1v) is 7.25. The van der Waals surface area contributed by atoms with Crippen molar-refractivity contribution in [3.63, 3.8) is 0 Å². The minimum atomic E-state index is 0. The van der Waals surface area contributed by atoms with Crippen molar-refractivity contribution in [2.75, 3.05) is 0 Å². The van der Waals surface area contributed by atoms with Crippen LogP contribution in [-0.2, 0) is 16.0 Å². The Kier molecular flexibility index (Phi) is 5.96. The fourth-order valence-corrected chi connectivity index (χ4v) is 2.21. The number of aliphatic imine (C=N–C) groups is 2. The Bertz CT molecular complexity index is 709. The summed E-state index contributed by atoms with van der Waals surface area (Å²) in [5.41, 5.74) is 1.83. The van der Waals surface area contributed by atoms with Gasteiger partial charge in [0, 0.05) is 0 Å². The van der Waals surface area contributed by atoms with Gasteiger partial charge in [0.15, 0.2) is 0 Å². The second-order valence-corrected chi connectivity index (χ2v) is 5.15. The number of para-hydroxylation sites is 2. The van der Waals surface area contributed by atoms with Gasteiger partial charge in [-0.25, -0.2) is 0 Å². The van der Waals surface area contributed by atoms with Gasteiger partial charge in [0.1, 0.15) is 0 Å². The second-order valence-electron chi connectivity index (χ2n) is 4.56. The van der Waals surface area contributed by atoms with Crippen LogP contribution in [0.5, 0.6) is 0 Å². The van der Waals surface area contributed by atoms with Crippen LogP contribution in [0.3, 0.4) is 0 Å². The normalized spacial score (nSPS) is 17.6. The maximum atomic E-state index is 4.60. The molecule has 0 saturated heterocycles. The van der Waals surface area contributed by atoms with Crippen molar-refractivity contribution >= 4 is 23.0 Å². The number of hydrogen-bond donors (Lipinski definition) is 1. The van der Waals surface area contributed by atoms with Gasteiger partial charge in [0.05, 0.1) is 0 Å². The summed E-state index contributed by atoms with van der Waals surface area (Å²) in [4.78, 5) is 9.18. The number of rotatable bonds is 2. The van der Waals surface area contributed by atoms with E-state index in [9.17, 15) is 0 Å².